The summed E-state index contributed by atoms with van der Waals surface area (Å²) in [5.41, 5.74) is 2.47. The Morgan fingerprint density at radius 3 is 2.67 bits per heavy atom. The molecular weight excluding hydrogens is 309 g/mol. The van der Waals surface area contributed by atoms with E-state index in [1.165, 1.54) is 6.26 Å². The summed E-state index contributed by atoms with van der Waals surface area (Å²) in [6, 6.07) is 5.62. The molecule has 1 aliphatic rings. The fourth-order valence-electron chi connectivity index (χ4n) is 2.69. The van der Waals surface area contributed by atoms with E-state index in [-0.39, 0.29) is 17.9 Å². The number of halogens is 2. The van der Waals surface area contributed by atoms with E-state index >= 15 is 0 Å². The van der Waals surface area contributed by atoms with Crippen molar-refractivity contribution in [2.45, 2.75) is 31.7 Å². The van der Waals surface area contributed by atoms with Crippen LogP contribution in [0.5, 0.6) is 0 Å². The molecule has 1 amide bonds. The summed E-state index contributed by atoms with van der Waals surface area (Å²) >= 11 is 12.2. The third-order valence-corrected chi connectivity index (χ3v) is 4.62. The molecule has 3 rings (SSSR count). The Labute approximate surface area is 133 Å². The van der Waals surface area contributed by atoms with Crippen molar-refractivity contribution in [3.05, 3.63) is 57.5 Å². The fraction of sp³-hybridized carbons (Fsp3) is 0.312. The van der Waals surface area contributed by atoms with Gasteiger partial charge < -0.3 is 9.73 Å². The van der Waals surface area contributed by atoms with Gasteiger partial charge in [0.2, 0.25) is 0 Å². The zero-order valence-electron chi connectivity index (χ0n) is 11.5. The van der Waals surface area contributed by atoms with E-state index in [1.54, 1.807) is 12.3 Å². The second-order valence-electron chi connectivity index (χ2n) is 5.40. The first-order valence-electron chi connectivity index (χ1n) is 6.85. The molecule has 2 aromatic rings. The van der Waals surface area contributed by atoms with Crippen LogP contribution < -0.4 is 5.32 Å². The van der Waals surface area contributed by atoms with Crippen molar-refractivity contribution < 1.29 is 9.21 Å². The number of hydrogen-bond acceptors (Lipinski definition) is 2. The highest BCUT2D eigenvalue weighted by Crippen LogP contribution is 2.41. The van der Waals surface area contributed by atoms with Crippen molar-refractivity contribution in [1.29, 1.82) is 0 Å². The lowest BCUT2D eigenvalue weighted by Crippen LogP contribution is -2.45. The van der Waals surface area contributed by atoms with E-state index < -0.39 is 0 Å². The fourth-order valence-corrected chi connectivity index (χ4v) is 3.24. The average Bonchev–Trinajstić information content (AvgIpc) is 2.84. The van der Waals surface area contributed by atoms with Gasteiger partial charge in [0.1, 0.15) is 6.26 Å². The Hall–Kier alpha value is -1.45. The van der Waals surface area contributed by atoms with E-state index in [9.17, 15) is 4.79 Å². The van der Waals surface area contributed by atoms with Crippen LogP contribution in [0.1, 0.15) is 40.2 Å². The molecule has 1 heterocycles. The molecule has 0 unspecified atom stereocenters. The molecule has 1 aromatic carbocycles. The van der Waals surface area contributed by atoms with E-state index in [2.05, 4.69) is 5.32 Å². The van der Waals surface area contributed by atoms with Crippen molar-refractivity contribution in [3.8, 4) is 0 Å². The number of nitrogens with one attached hydrogen (secondary N) is 1. The molecule has 0 aliphatic heterocycles. The van der Waals surface area contributed by atoms with Crippen LogP contribution in [-0.2, 0) is 0 Å². The Bertz CT molecular complexity index is 681. The molecule has 1 aromatic heterocycles. The largest absolute Gasteiger partial charge is 0.471 e. The molecule has 1 saturated carbocycles. The molecule has 5 heteroatoms. The highest BCUT2D eigenvalue weighted by Gasteiger charge is 2.35. The summed E-state index contributed by atoms with van der Waals surface area (Å²) in [5.74, 6) is 0.145. The van der Waals surface area contributed by atoms with Crippen LogP contribution in [0.25, 0.3) is 0 Å². The molecule has 0 saturated heterocycles. The lowest BCUT2D eigenvalue weighted by atomic mass is 9.75. The Morgan fingerprint density at radius 1 is 1.29 bits per heavy atom. The topological polar surface area (TPSA) is 42.2 Å². The summed E-state index contributed by atoms with van der Waals surface area (Å²) in [4.78, 5) is 12.2. The van der Waals surface area contributed by atoms with Gasteiger partial charge in [-0.25, -0.2) is 0 Å². The molecule has 0 radical (unpaired) electrons. The smallest absolute Gasteiger partial charge is 0.255 e. The van der Waals surface area contributed by atoms with Gasteiger partial charge in [-0.15, -0.1) is 0 Å². The maximum atomic E-state index is 12.2. The summed E-state index contributed by atoms with van der Waals surface area (Å²) in [5, 5.41) is 4.34. The first kappa shape index (κ1) is 14.5. The van der Waals surface area contributed by atoms with Gasteiger partial charge in [-0.3, -0.25) is 4.79 Å². The number of rotatable bonds is 3. The Kier molecular flexibility index (Phi) is 3.96. The molecule has 3 nitrogen and oxygen atoms in total. The second-order valence-corrected chi connectivity index (χ2v) is 6.24. The summed E-state index contributed by atoms with van der Waals surface area (Å²) in [6.45, 7) is 1.85. The van der Waals surface area contributed by atoms with Crippen molar-refractivity contribution in [1.82, 2.24) is 5.32 Å². The summed E-state index contributed by atoms with van der Waals surface area (Å²) < 4.78 is 5.05. The van der Waals surface area contributed by atoms with Crippen LogP contribution in [0.4, 0.5) is 0 Å². The predicted molar refractivity (Wildman–Crippen MR) is 83.1 cm³/mol. The lowest BCUT2D eigenvalue weighted by molar-refractivity contribution is 0.0903. The highest BCUT2D eigenvalue weighted by molar-refractivity contribution is 6.35. The summed E-state index contributed by atoms with van der Waals surface area (Å²) in [7, 11) is 0. The van der Waals surface area contributed by atoms with Gasteiger partial charge in [0.15, 0.2) is 0 Å². The number of carbonyl (C=O) groups is 1. The number of amides is 1. The van der Waals surface area contributed by atoms with Crippen molar-refractivity contribution in [3.63, 3.8) is 0 Å². The van der Waals surface area contributed by atoms with E-state index in [0.717, 1.165) is 24.0 Å². The van der Waals surface area contributed by atoms with Crippen LogP contribution in [0.3, 0.4) is 0 Å². The molecule has 1 aliphatic carbocycles. The van der Waals surface area contributed by atoms with Gasteiger partial charge >= 0.3 is 0 Å². The Balaban J connectivity index is 1.73. The van der Waals surface area contributed by atoms with Crippen LogP contribution in [-0.4, -0.2) is 11.9 Å². The van der Waals surface area contributed by atoms with Gasteiger partial charge in [0, 0.05) is 22.0 Å². The standard InChI is InChI=1S/C16H15Cl2NO2/c1-9-7-21-8-13(9)16(20)19-15-5-4-12(15)11-3-2-10(17)6-14(11)18/h2-3,6-8,12,15H,4-5H2,1H3,(H,19,20)/t12-,15-/m0/s1. The van der Waals surface area contributed by atoms with Crippen LogP contribution in [0.15, 0.2) is 35.1 Å². The number of benzene rings is 1. The van der Waals surface area contributed by atoms with Gasteiger partial charge in [-0.2, -0.15) is 0 Å². The van der Waals surface area contributed by atoms with Crippen molar-refractivity contribution in [2.24, 2.45) is 0 Å². The number of carbonyl (C=O) groups excluding carboxylic acids is 1. The number of aryl methyl sites for hydroxylation is 1. The maximum Gasteiger partial charge on any atom is 0.255 e. The molecule has 0 spiro atoms. The van der Waals surface area contributed by atoms with Crippen LogP contribution >= 0.6 is 23.2 Å². The average molecular weight is 324 g/mol. The quantitative estimate of drug-likeness (QED) is 0.898. The summed E-state index contributed by atoms with van der Waals surface area (Å²) in [6.07, 6.45) is 5.01. The minimum atomic E-state index is -0.0963. The van der Waals surface area contributed by atoms with E-state index in [0.29, 0.717) is 15.6 Å². The van der Waals surface area contributed by atoms with Gasteiger partial charge in [-0.05, 0) is 43.0 Å². The molecule has 0 bridgehead atoms. The predicted octanol–water partition coefficient (Wildman–Crippen LogP) is 4.57. The third-order valence-electron chi connectivity index (χ3n) is 4.05. The first-order valence-corrected chi connectivity index (χ1v) is 7.60. The minimum Gasteiger partial charge on any atom is -0.471 e. The monoisotopic (exact) mass is 323 g/mol. The van der Waals surface area contributed by atoms with Crippen molar-refractivity contribution >= 4 is 29.1 Å². The molecule has 1 N–H and O–H groups in total. The third kappa shape index (κ3) is 2.81. The molecule has 2 atom stereocenters. The Morgan fingerprint density at radius 2 is 2.10 bits per heavy atom. The van der Waals surface area contributed by atoms with Gasteiger partial charge in [0.05, 0.1) is 11.8 Å². The molecular formula is C16H15Cl2NO2. The maximum absolute atomic E-state index is 12.2. The van der Waals surface area contributed by atoms with Gasteiger partial charge in [0.25, 0.3) is 5.91 Å². The molecule has 21 heavy (non-hydrogen) atoms. The highest BCUT2D eigenvalue weighted by atomic mass is 35.5. The SMILES string of the molecule is Cc1cocc1C(=O)N[C@H]1CC[C@H]1c1ccc(Cl)cc1Cl. The van der Waals surface area contributed by atoms with E-state index in [4.69, 9.17) is 27.6 Å². The van der Waals surface area contributed by atoms with Crippen molar-refractivity contribution in [2.75, 3.05) is 0 Å². The van der Waals surface area contributed by atoms with Crippen LogP contribution in [0, 0.1) is 6.92 Å². The molecule has 1 fully saturated rings. The zero-order valence-corrected chi connectivity index (χ0v) is 13.0. The minimum absolute atomic E-state index is 0.0963. The van der Waals surface area contributed by atoms with E-state index in [1.807, 2.05) is 19.1 Å². The zero-order chi connectivity index (χ0) is 15.0. The molecule has 110 valence electrons. The normalized spacial score (nSPS) is 20.9. The second kappa shape index (κ2) is 5.74. The van der Waals surface area contributed by atoms with Crippen LogP contribution in [0.2, 0.25) is 10.0 Å². The van der Waals surface area contributed by atoms with Gasteiger partial charge in [-0.1, -0.05) is 29.3 Å². The number of hydrogen-bond donors (Lipinski definition) is 1. The lowest BCUT2D eigenvalue weighted by Gasteiger charge is -2.38. The first-order chi connectivity index (χ1) is 10.1. The number of furan rings is 1.